The number of benzene rings is 1. The molecule has 0 radical (unpaired) electrons. The molecule has 1 aromatic carbocycles. The third-order valence-electron chi connectivity index (χ3n) is 5.09. The largest absolute Gasteiger partial charge is 0.444 e. The summed E-state index contributed by atoms with van der Waals surface area (Å²) in [5, 5.41) is 0. The Kier molecular flexibility index (Phi) is 4.32. The Morgan fingerprint density at radius 3 is 2.31 bits per heavy atom. The molecule has 0 bridgehead atoms. The van der Waals surface area contributed by atoms with Gasteiger partial charge in [0.15, 0.2) is 5.78 Å². The van der Waals surface area contributed by atoms with Crippen molar-refractivity contribution in [3.63, 3.8) is 0 Å². The first-order chi connectivity index (χ1) is 11.9. The molecule has 3 rings (SSSR count). The van der Waals surface area contributed by atoms with Gasteiger partial charge >= 0.3 is 12.3 Å². The zero-order valence-electron chi connectivity index (χ0n) is 15.1. The third kappa shape index (κ3) is 3.44. The maximum absolute atomic E-state index is 13.1. The molecule has 0 saturated carbocycles. The number of hydrogen-bond donors (Lipinski definition) is 0. The number of nitrogens with zero attached hydrogens (tertiary/aromatic N) is 1. The fourth-order valence-corrected chi connectivity index (χ4v) is 3.79. The van der Waals surface area contributed by atoms with E-state index in [4.69, 9.17) is 4.74 Å². The lowest BCUT2D eigenvalue weighted by Gasteiger charge is -2.40. The molecule has 7 heteroatoms. The summed E-state index contributed by atoms with van der Waals surface area (Å²) in [7, 11) is 0. The first-order valence-electron chi connectivity index (χ1n) is 8.64. The number of amides is 1. The van der Waals surface area contributed by atoms with Gasteiger partial charge in [0.1, 0.15) is 5.60 Å². The van der Waals surface area contributed by atoms with E-state index in [1.165, 1.54) is 6.07 Å². The number of ether oxygens (including phenoxy) is 1. The molecule has 1 amide bonds. The van der Waals surface area contributed by atoms with E-state index in [1.54, 1.807) is 25.7 Å². The Labute approximate surface area is 150 Å². The number of Topliss-reactive ketones (excluding diaryl/α,β-unsaturated/α-hetero) is 1. The van der Waals surface area contributed by atoms with Crippen molar-refractivity contribution in [2.24, 2.45) is 0 Å². The Morgan fingerprint density at radius 2 is 1.77 bits per heavy atom. The lowest BCUT2D eigenvalue weighted by atomic mass is 9.73. The number of likely N-dealkylation sites (tertiary alicyclic amines) is 1. The van der Waals surface area contributed by atoms with Gasteiger partial charge in [-0.05, 0) is 51.3 Å². The van der Waals surface area contributed by atoms with Gasteiger partial charge in [-0.25, -0.2) is 4.79 Å². The predicted molar refractivity (Wildman–Crippen MR) is 89.1 cm³/mol. The summed E-state index contributed by atoms with van der Waals surface area (Å²) < 4.78 is 44.6. The van der Waals surface area contributed by atoms with Crippen LogP contribution in [0.15, 0.2) is 18.2 Å². The molecule has 1 heterocycles. The molecule has 26 heavy (non-hydrogen) atoms. The summed E-state index contributed by atoms with van der Waals surface area (Å²) in [5.41, 5.74) is -1.11. The molecule has 1 saturated heterocycles. The van der Waals surface area contributed by atoms with Crippen molar-refractivity contribution in [3.05, 3.63) is 34.9 Å². The summed E-state index contributed by atoms with van der Waals surface area (Å²) in [4.78, 5) is 26.1. The lowest BCUT2D eigenvalue weighted by Crippen LogP contribution is -2.46. The van der Waals surface area contributed by atoms with Crippen LogP contribution in [0.25, 0.3) is 0 Å². The Hall–Kier alpha value is -2.05. The van der Waals surface area contributed by atoms with Crippen LogP contribution in [-0.4, -0.2) is 35.5 Å². The molecular formula is C19H22F3NO3. The Balaban J connectivity index is 1.82. The molecule has 0 aromatic heterocycles. The van der Waals surface area contributed by atoms with Gasteiger partial charge in [-0.3, -0.25) is 4.79 Å². The van der Waals surface area contributed by atoms with E-state index in [-0.39, 0.29) is 12.2 Å². The average Bonchev–Trinajstić information content (AvgIpc) is 2.77. The van der Waals surface area contributed by atoms with Crippen LogP contribution < -0.4 is 0 Å². The van der Waals surface area contributed by atoms with E-state index in [9.17, 15) is 22.8 Å². The Bertz CT molecular complexity index is 741. The SMILES string of the molecule is CC(C)(C)OC(=O)N1CCC2(CC1)CC(=O)c1ccc(C(F)(F)F)cc12. The topological polar surface area (TPSA) is 46.6 Å². The van der Waals surface area contributed by atoms with Crippen LogP contribution in [-0.2, 0) is 16.3 Å². The van der Waals surface area contributed by atoms with Gasteiger partial charge in [0, 0.05) is 30.5 Å². The fourth-order valence-electron chi connectivity index (χ4n) is 3.79. The van der Waals surface area contributed by atoms with Crippen LogP contribution in [0.1, 0.15) is 61.5 Å². The molecule has 0 atom stereocenters. The monoisotopic (exact) mass is 369 g/mol. The summed E-state index contributed by atoms with van der Waals surface area (Å²) in [5.74, 6) is -0.126. The van der Waals surface area contributed by atoms with Crippen molar-refractivity contribution >= 4 is 11.9 Å². The summed E-state index contributed by atoms with van der Waals surface area (Å²) in [6, 6.07) is 3.37. The normalized spacial score (nSPS) is 19.6. The number of carbonyl (C=O) groups is 2. The van der Waals surface area contributed by atoms with Crippen LogP contribution in [0, 0.1) is 0 Å². The highest BCUT2D eigenvalue weighted by Gasteiger charge is 2.47. The molecule has 1 aliphatic heterocycles. The maximum Gasteiger partial charge on any atom is 0.416 e. The maximum atomic E-state index is 13.1. The minimum absolute atomic E-state index is 0.126. The van der Waals surface area contributed by atoms with Gasteiger partial charge in [0.2, 0.25) is 0 Å². The zero-order valence-corrected chi connectivity index (χ0v) is 15.1. The lowest BCUT2D eigenvalue weighted by molar-refractivity contribution is -0.137. The first kappa shape index (κ1) is 18.7. The zero-order chi connectivity index (χ0) is 19.3. The number of fused-ring (bicyclic) bond motifs is 2. The van der Waals surface area contributed by atoms with Crippen LogP contribution >= 0.6 is 0 Å². The van der Waals surface area contributed by atoms with E-state index in [0.717, 1.165) is 12.1 Å². The molecule has 0 N–H and O–H groups in total. The van der Waals surface area contributed by atoms with Crippen LogP contribution in [0.3, 0.4) is 0 Å². The molecule has 142 valence electrons. The molecule has 2 aliphatic rings. The minimum atomic E-state index is -4.45. The van der Waals surface area contributed by atoms with Crippen molar-refractivity contribution in [1.82, 2.24) is 4.90 Å². The molecule has 1 aliphatic carbocycles. The standard InChI is InChI=1S/C19H22F3NO3/c1-17(2,3)26-16(25)23-8-6-18(7-9-23)11-15(24)13-5-4-12(10-14(13)18)19(20,21)22/h4-5,10H,6-9,11H2,1-3H3. The number of hydrogen-bond acceptors (Lipinski definition) is 3. The van der Waals surface area contributed by atoms with E-state index >= 15 is 0 Å². The highest BCUT2D eigenvalue weighted by Crippen LogP contribution is 2.47. The van der Waals surface area contributed by atoms with Crippen LogP contribution in [0.5, 0.6) is 0 Å². The second kappa shape index (κ2) is 5.99. The van der Waals surface area contributed by atoms with Crippen molar-refractivity contribution in [2.75, 3.05) is 13.1 Å². The van der Waals surface area contributed by atoms with Crippen LogP contribution in [0.4, 0.5) is 18.0 Å². The van der Waals surface area contributed by atoms with Crippen molar-refractivity contribution in [2.45, 2.75) is 57.2 Å². The Morgan fingerprint density at radius 1 is 1.15 bits per heavy atom. The highest BCUT2D eigenvalue weighted by atomic mass is 19.4. The second-order valence-corrected chi connectivity index (χ2v) is 8.11. The molecular weight excluding hydrogens is 347 g/mol. The fraction of sp³-hybridized carbons (Fsp3) is 0.579. The highest BCUT2D eigenvalue weighted by molar-refractivity contribution is 6.02. The van der Waals surface area contributed by atoms with Gasteiger partial charge in [-0.1, -0.05) is 6.07 Å². The number of piperidine rings is 1. The van der Waals surface area contributed by atoms with Crippen molar-refractivity contribution in [1.29, 1.82) is 0 Å². The molecule has 1 aromatic rings. The minimum Gasteiger partial charge on any atom is -0.444 e. The van der Waals surface area contributed by atoms with Crippen molar-refractivity contribution in [3.8, 4) is 0 Å². The third-order valence-corrected chi connectivity index (χ3v) is 5.09. The predicted octanol–water partition coefficient (Wildman–Crippen LogP) is 4.56. The average molecular weight is 369 g/mol. The van der Waals surface area contributed by atoms with E-state index in [2.05, 4.69) is 0 Å². The van der Waals surface area contributed by atoms with E-state index in [1.807, 2.05) is 0 Å². The van der Waals surface area contributed by atoms with Gasteiger partial charge in [0.25, 0.3) is 0 Å². The summed E-state index contributed by atoms with van der Waals surface area (Å²) >= 11 is 0. The number of carbonyl (C=O) groups excluding carboxylic acids is 2. The van der Waals surface area contributed by atoms with E-state index in [0.29, 0.717) is 37.1 Å². The van der Waals surface area contributed by atoms with Gasteiger partial charge in [0.05, 0.1) is 5.56 Å². The van der Waals surface area contributed by atoms with Gasteiger partial charge in [-0.15, -0.1) is 0 Å². The van der Waals surface area contributed by atoms with Crippen LogP contribution in [0.2, 0.25) is 0 Å². The number of rotatable bonds is 0. The molecule has 4 nitrogen and oxygen atoms in total. The smallest absolute Gasteiger partial charge is 0.416 e. The van der Waals surface area contributed by atoms with Gasteiger partial charge in [-0.2, -0.15) is 13.2 Å². The van der Waals surface area contributed by atoms with E-state index < -0.39 is 28.8 Å². The quantitative estimate of drug-likeness (QED) is 0.673. The first-order valence-corrected chi connectivity index (χ1v) is 8.64. The number of alkyl halides is 3. The number of ketones is 1. The van der Waals surface area contributed by atoms with Crippen molar-refractivity contribution < 1.29 is 27.5 Å². The molecule has 1 spiro atoms. The number of halogens is 3. The summed E-state index contributed by atoms with van der Waals surface area (Å²) in [6.07, 6.45) is -3.77. The molecule has 1 fully saturated rings. The summed E-state index contributed by atoms with van der Waals surface area (Å²) in [6.45, 7) is 6.05. The van der Waals surface area contributed by atoms with Gasteiger partial charge < -0.3 is 9.64 Å². The second-order valence-electron chi connectivity index (χ2n) is 8.11. The molecule has 0 unspecified atom stereocenters.